The molecule has 0 radical (unpaired) electrons. The Morgan fingerprint density at radius 3 is 2.59 bits per heavy atom. The molecule has 0 unspecified atom stereocenters. The molecule has 2 N–H and O–H groups in total. The van der Waals surface area contributed by atoms with Gasteiger partial charge in [-0.25, -0.2) is 14.6 Å². The van der Waals surface area contributed by atoms with Crippen LogP contribution in [0.1, 0.15) is 17.3 Å². The molecule has 1 amide bonds. The van der Waals surface area contributed by atoms with E-state index in [4.69, 9.17) is 4.74 Å². The van der Waals surface area contributed by atoms with Gasteiger partial charge in [0.05, 0.1) is 12.2 Å². The number of hydrogen-bond donors (Lipinski definition) is 2. The average molecular weight is 451 g/mol. The van der Waals surface area contributed by atoms with Crippen LogP contribution in [0.4, 0.5) is 17.2 Å². The SMILES string of the molecule is CCOc1ccc2ccccc2c1C(=O)Nc1ccc(Nc2cc(-n3cccn3)ncn2)cc1. The molecule has 0 aliphatic carbocycles. The smallest absolute Gasteiger partial charge is 0.260 e. The Balaban J connectivity index is 1.34. The van der Waals surface area contributed by atoms with Gasteiger partial charge in [-0.05, 0) is 54.1 Å². The van der Waals surface area contributed by atoms with E-state index in [-0.39, 0.29) is 5.91 Å². The van der Waals surface area contributed by atoms with E-state index in [0.717, 1.165) is 16.5 Å². The first-order valence-electron chi connectivity index (χ1n) is 10.9. The van der Waals surface area contributed by atoms with Crippen molar-refractivity contribution in [3.63, 3.8) is 0 Å². The summed E-state index contributed by atoms with van der Waals surface area (Å²) in [5, 5.41) is 12.2. The summed E-state index contributed by atoms with van der Waals surface area (Å²) in [5.74, 6) is 1.63. The zero-order valence-corrected chi connectivity index (χ0v) is 18.5. The van der Waals surface area contributed by atoms with Crippen LogP contribution in [0, 0.1) is 0 Å². The van der Waals surface area contributed by atoms with Gasteiger partial charge in [-0.1, -0.05) is 30.3 Å². The topological polar surface area (TPSA) is 94.0 Å². The number of benzene rings is 3. The predicted molar refractivity (Wildman–Crippen MR) is 132 cm³/mol. The minimum atomic E-state index is -0.222. The predicted octanol–water partition coefficient (Wildman–Crippen LogP) is 5.21. The normalized spacial score (nSPS) is 10.7. The minimum absolute atomic E-state index is 0.222. The molecule has 0 spiro atoms. The number of carbonyl (C=O) groups is 1. The van der Waals surface area contributed by atoms with Crippen molar-refractivity contribution >= 4 is 33.9 Å². The molecule has 3 aromatic carbocycles. The molecule has 0 aliphatic heterocycles. The highest BCUT2D eigenvalue weighted by molar-refractivity contribution is 6.15. The van der Waals surface area contributed by atoms with Crippen molar-refractivity contribution in [2.75, 3.05) is 17.2 Å². The van der Waals surface area contributed by atoms with Crippen LogP contribution in [0.5, 0.6) is 5.75 Å². The lowest BCUT2D eigenvalue weighted by Gasteiger charge is -2.14. The van der Waals surface area contributed by atoms with Crippen molar-refractivity contribution in [2.45, 2.75) is 6.92 Å². The molecule has 0 saturated heterocycles. The third kappa shape index (κ3) is 4.42. The van der Waals surface area contributed by atoms with E-state index in [1.165, 1.54) is 6.33 Å². The Morgan fingerprint density at radius 1 is 0.971 bits per heavy atom. The van der Waals surface area contributed by atoms with E-state index in [9.17, 15) is 4.79 Å². The van der Waals surface area contributed by atoms with E-state index in [1.807, 2.05) is 79.9 Å². The second-order valence-electron chi connectivity index (χ2n) is 7.46. The quantitative estimate of drug-likeness (QED) is 0.354. The zero-order chi connectivity index (χ0) is 23.3. The Kier molecular flexibility index (Phi) is 5.85. The third-order valence-electron chi connectivity index (χ3n) is 5.22. The van der Waals surface area contributed by atoms with Gasteiger partial charge in [-0.2, -0.15) is 5.10 Å². The summed E-state index contributed by atoms with van der Waals surface area (Å²) in [7, 11) is 0. The lowest BCUT2D eigenvalue weighted by Crippen LogP contribution is -2.14. The van der Waals surface area contributed by atoms with Gasteiger partial charge < -0.3 is 15.4 Å². The van der Waals surface area contributed by atoms with E-state index >= 15 is 0 Å². The number of nitrogens with one attached hydrogen (secondary N) is 2. The molecule has 0 fully saturated rings. The van der Waals surface area contributed by atoms with Crippen LogP contribution in [0.2, 0.25) is 0 Å². The Morgan fingerprint density at radius 2 is 1.79 bits per heavy atom. The number of carbonyl (C=O) groups excluding carboxylic acids is 1. The molecule has 5 rings (SSSR count). The number of rotatable bonds is 7. The van der Waals surface area contributed by atoms with Crippen LogP contribution in [-0.4, -0.2) is 32.3 Å². The first-order valence-corrected chi connectivity index (χ1v) is 10.9. The molecular formula is C26H22N6O2. The van der Waals surface area contributed by atoms with Gasteiger partial charge in [-0.15, -0.1) is 0 Å². The monoisotopic (exact) mass is 450 g/mol. The second kappa shape index (κ2) is 9.41. The van der Waals surface area contributed by atoms with Gasteiger partial charge >= 0.3 is 0 Å². The molecular weight excluding hydrogens is 428 g/mol. The average Bonchev–Trinajstić information content (AvgIpc) is 3.41. The van der Waals surface area contributed by atoms with E-state index < -0.39 is 0 Å². The lowest BCUT2D eigenvalue weighted by atomic mass is 10.0. The molecule has 168 valence electrons. The highest BCUT2D eigenvalue weighted by atomic mass is 16.5. The van der Waals surface area contributed by atoms with Gasteiger partial charge in [0.1, 0.15) is 17.9 Å². The molecule has 2 aromatic heterocycles. The fourth-order valence-corrected chi connectivity index (χ4v) is 3.68. The number of fused-ring (bicyclic) bond motifs is 1. The molecule has 8 nitrogen and oxygen atoms in total. The van der Waals surface area contributed by atoms with Crippen molar-refractivity contribution in [1.29, 1.82) is 0 Å². The van der Waals surface area contributed by atoms with Crippen LogP contribution < -0.4 is 15.4 Å². The van der Waals surface area contributed by atoms with Gasteiger partial charge in [-0.3, -0.25) is 4.79 Å². The van der Waals surface area contributed by atoms with Crippen LogP contribution in [0.25, 0.3) is 16.6 Å². The summed E-state index contributed by atoms with van der Waals surface area (Å²) in [5.41, 5.74) is 2.02. The zero-order valence-electron chi connectivity index (χ0n) is 18.5. The maximum atomic E-state index is 13.2. The number of hydrogen-bond acceptors (Lipinski definition) is 6. The maximum absolute atomic E-state index is 13.2. The number of ether oxygens (including phenoxy) is 1. The number of amides is 1. The summed E-state index contributed by atoms with van der Waals surface area (Å²) in [6.07, 6.45) is 4.99. The highest BCUT2D eigenvalue weighted by Gasteiger charge is 2.17. The summed E-state index contributed by atoms with van der Waals surface area (Å²) in [6.45, 7) is 2.38. The first-order chi connectivity index (χ1) is 16.7. The molecule has 0 saturated carbocycles. The van der Waals surface area contributed by atoms with E-state index in [1.54, 1.807) is 16.9 Å². The number of aromatic nitrogens is 4. The van der Waals surface area contributed by atoms with Crippen LogP contribution in [0.15, 0.2) is 91.5 Å². The summed E-state index contributed by atoms with van der Waals surface area (Å²) < 4.78 is 7.40. The van der Waals surface area contributed by atoms with Crippen molar-refractivity contribution in [3.8, 4) is 11.6 Å². The van der Waals surface area contributed by atoms with Crippen molar-refractivity contribution in [3.05, 3.63) is 97.1 Å². The van der Waals surface area contributed by atoms with Crippen molar-refractivity contribution < 1.29 is 9.53 Å². The van der Waals surface area contributed by atoms with Gasteiger partial charge in [0, 0.05) is 29.8 Å². The highest BCUT2D eigenvalue weighted by Crippen LogP contribution is 2.29. The minimum Gasteiger partial charge on any atom is -0.493 e. The molecule has 5 aromatic rings. The lowest BCUT2D eigenvalue weighted by molar-refractivity contribution is 0.102. The Labute approximate surface area is 196 Å². The third-order valence-corrected chi connectivity index (χ3v) is 5.22. The van der Waals surface area contributed by atoms with Gasteiger partial charge in [0.25, 0.3) is 5.91 Å². The Bertz CT molecular complexity index is 1430. The fourth-order valence-electron chi connectivity index (χ4n) is 3.68. The van der Waals surface area contributed by atoms with Crippen LogP contribution in [-0.2, 0) is 0 Å². The molecule has 34 heavy (non-hydrogen) atoms. The number of nitrogens with zero attached hydrogens (tertiary/aromatic N) is 4. The summed E-state index contributed by atoms with van der Waals surface area (Å²) in [4.78, 5) is 21.7. The van der Waals surface area contributed by atoms with E-state index in [2.05, 4.69) is 25.7 Å². The summed E-state index contributed by atoms with van der Waals surface area (Å²) in [6, 6.07) is 22.6. The standard InChI is InChI=1S/C26H22N6O2/c1-2-34-22-13-8-18-6-3-4-7-21(18)25(22)26(33)31-20-11-9-19(10-12-20)30-23-16-24(28-17-27-23)32-15-5-14-29-32/h3-17H,2H2,1H3,(H,31,33)(H,27,28,30). The maximum Gasteiger partial charge on any atom is 0.260 e. The van der Waals surface area contributed by atoms with Crippen molar-refractivity contribution in [2.24, 2.45) is 0 Å². The summed E-state index contributed by atoms with van der Waals surface area (Å²) >= 11 is 0. The second-order valence-corrected chi connectivity index (χ2v) is 7.46. The largest absolute Gasteiger partial charge is 0.493 e. The van der Waals surface area contributed by atoms with Gasteiger partial charge in [0.15, 0.2) is 5.82 Å². The van der Waals surface area contributed by atoms with Crippen LogP contribution in [0.3, 0.4) is 0 Å². The molecule has 0 aliphatic rings. The van der Waals surface area contributed by atoms with Gasteiger partial charge in [0.2, 0.25) is 0 Å². The number of anilines is 3. The molecule has 0 bridgehead atoms. The molecule has 0 atom stereocenters. The fraction of sp³-hybridized carbons (Fsp3) is 0.0769. The molecule has 8 heteroatoms. The molecule has 2 heterocycles. The first kappa shape index (κ1) is 21.1. The van der Waals surface area contributed by atoms with Crippen molar-refractivity contribution in [1.82, 2.24) is 19.7 Å². The van der Waals surface area contributed by atoms with Crippen LogP contribution >= 0.6 is 0 Å². The van der Waals surface area contributed by atoms with E-state index in [0.29, 0.717) is 35.2 Å². The Hall–Kier alpha value is -4.72.